The number of guanidine groups is 1. The monoisotopic (exact) mass is 516 g/mol. The van der Waals surface area contributed by atoms with Gasteiger partial charge in [-0.2, -0.15) is 0 Å². The first kappa shape index (κ1) is 32.0. The summed E-state index contributed by atoms with van der Waals surface area (Å²) in [4.78, 5) is 75.4. The summed E-state index contributed by atoms with van der Waals surface area (Å²) < 4.78 is 0. The molecule has 16 nitrogen and oxygen atoms in total. The van der Waals surface area contributed by atoms with Crippen LogP contribution in [0.3, 0.4) is 0 Å². The zero-order chi connectivity index (χ0) is 28.0. The van der Waals surface area contributed by atoms with E-state index < -0.39 is 72.6 Å². The molecule has 0 aliphatic rings. The topological polar surface area (TPSA) is 295 Å². The summed E-state index contributed by atoms with van der Waals surface area (Å²) in [5.74, 6) is -6.79. The third kappa shape index (κ3) is 13.7. The van der Waals surface area contributed by atoms with Crippen LogP contribution in [-0.2, 0) is 28.8 Å². The molecule has 0 rings (SSSR count). The number of amides is 4. The number of nitrogens with two attached hydrogens (primary N) is 4. The van der Waals surface area contributed by atoms with Crippen molar-refractivity contribution >= 4 is 41.5 Å². The van der Waals surface area contributed by atoms with Crippen LogP contribution in [-0.4, -0.2) is 82.5 Å². The fraction of sp³-hybridized carbons (Fsp3) is 0.650. The van der Waals surface area contributed by atoms with E-state index in [0.29, 0.717) is 0 Å². The molecule has 4 unspecified atom stereocenters. The summed E-state index contributed by atoms with van der Waals surface area (Å²) in [7, 11) is 0. The number of carboxylic acids is 2. The van der Waals surface area contributed by atoms with Gasteiger partial charge in [0.05, 0.1) is 18.9 Å². The molecule has 0 saturated carbocycles. The van der Waals surface area contributed by atoms with Crippen LogP contribution in [0.1, 0.15) is 46.0 Å². The Morgan fingerprint density at radius 1 is 0.806 bits per heavy atom. The van der Waals surface area contributed by atoms with E-state index >= 15 is 0 Å². The summed E-state index contributed by atoms with van der Waals surface area (Å²) >= 11 is 0. The molecule has 4 amide bonds. The zero-order valence-electron chi connectivity index (χ0n) is 20.2. The molecule has 4 atom stereocenters. The second kappa shape index (κ2) is 15.9. The third-order valence-corrected chi connectivity index (χ3v) is 4.67. The molecule has 13 N–H and O–H groups in total. The first-order chi connectivity index (χ1) is 16.6. The number of carbonyl (C=O) groups is 6. The fourth-order valence-corrected chi connectivity index (χ4v) is 2.98. The highest BCUT2D eigenvalue weighted by atomic mass is 16.4. The molecule has 0 heterocycles. The maximum absolute atomic E-state index is 12.9. The molecule has 0 spiro atoms. The highest BCUT2D eigenvalue weighted by Crippen LogP contribution is 2.07. The molecular weight excluding hydrogens is 480 g/mol. The minimum absolute atomic E-state index is 0.0514. The molecular formula is C20H36N8O8. The van der Waals surface area contributed by atoms with Crippen LogP contribution >= 0.6 is 0 Å². The average Bonchev–Trinajstić information content (AvgIpc) is 2.73. The van der Waals surface area contributed by atoms with Gasteiger partial charge >= 0.3 is 11.9 Å². The number of aliphatic imine (C=N–C) groups is 1. The molecule has 0 bridgehead atoms. The van der Waals surface area contributed by atoms with E-state index in [9.17, 15) is 39.0 Å². The second-order valence-electron chi connectivity index (χ2n) is 8.47. The molecule has 0 radical (unpaired) electrons. The van der Waals surface area contributed by atoms with Gasteiger partial charge in [0.15, 0.2) is 5.96 Å². The van der Waals surface area contributed by atoms with E-state index in [-0.39, 0.29) is 37.7 Å². The lowest BCUT2D eigenvalue weighted by atomic mass is 10.0. The molecule has 0 aliphatic carbocycles. The van der Waals surface area contributed by atoms with E-state index in [1.54, 1.807) is 13.8 Å². The van der Waals surface area contributed by atoms with Gasteiger partial charge in [-0.05, 0) is 25.2 Å². The second-order valence-corrected chi connectivity index (χ2v) is 8.47. The predicted molar refractivity (Wildman–Crippen MR) is 127 cm³/mol. The van der Waals surface area contributed by atoms with Gasteiger partial charge in [0.1, 0.15) is 18.1 Å². The van der Waals surface area contributed by atoms with Crippen LogP contribution in [0.15, 0.2) is 4.99 Å². The van der Waals surface area contributed by atoms with Gasteiger partial charge in [0, 0.05) is 6.54 Å². The first-order valence-corrected chi connectivity index (χ1v) is 11.1. The Bertz CT molecular complexity index is 844. The van der Waals surface area contributed by atoms with Crippen LogP contribution in [0.25, 0.3) is 0 Å². The summed E-state index contributed by atoms with van der Waals surface area (Å²) in [6, 6.07) is -5.64. The fourth-order valence-electron chi connectivity index (χ4n) is 2.98. The van der Waals surface area contributed by atoms with Crippen molar-refractivity contribution < 1.29 is 39.0 Å². The van der Waals surface area contributed by atoms with Crippen molar-refractivity contribution in [3.05, 3.63) is 0 Å². The Morgan fingerprint density at radius 3 is 1.81 bits per heavy atom. The Labute approximate surface area is 207 Å². The minimum atomic E-state index is -1.65. The molecule has 0 aromatic rings. The summed E-state index contributed by atoms with van der Waals surface area (Å²) in [6.07, 6.45) is -1.15. The number of hydrogen-bond acceptors (Lipinski definition) is 8. The highest BCUT2D eigenvalue weighted by molar-refractivity contribution is 5.96. The van der Waals surface area contributed by atoms with Crippen LogP contribution in [0, 0.1) is 5.92 Å². The maximum atomic E-state index is 12.9. The molecule has 16 heteroatoms. The van der Waals surface area contributed by atoms with Gasteiger partial charge in [0.2, 0.25) is 23.6 Å². The zero-order valence-corrected chi connectivity index (χ0v) is 20.2. The van der Waals surface area contributed by atoms with Gasteiger partial charge in [-0.1, -0.05) is 13.8 Å². The van der Waals surface area contributed by atoms with Crippen molar-refractivity contribution in [1.29, 1.82) is 0 Å². The van der Waals surface area contributed by atoms with Gasteiger partial charge < -0.3 is 49.1 Å². The lowest BCUT2D eigenvalue weighted by Crippen LogP contribution is -2.57. The van der Waals surface area contributed by atoms with E-state index in [4.69, 9.17) is 22.9 Å². The minimum Gasteiger partial charge on any atom is -0.481 e. The molecule has 0 saturated heterocycles. The number of hydrogen-bond donors (Lipinski definition) is 9. The number of nitrogens with zero attached hydrogens (tertiary/aromatic N) is 1. The maximum Gasteiger partial charge on any atom is 0.326 e. The number of aliphatic carboxylic acids is 2. The third-order valence-electron chi connectivity index (χ3n) is 4.67. The molecule has 0 aromatic heterocycles. The van der Waals surface area contributed by atoms with Crippen molar-refractivity contribution in [3.8, 4) is 0 Å². The predicted octanol–water partition coefficient (Wildman–Crippen LogP) is -3.70. The number of primary amides is 1. The quantitative estimate of drug-likeness (QED) is 0.0514. The van der Waals surface area contributed by atoms with Crippen LogP contribution < -0.4 is 38.9 Å². The largest absolute Gasteiger partial charge is 0.481 e. The van der Waals surface area contributed by atoms with Gasteiger partial charge in [0.25, 0.3) is 0 Å². The standard InChI is InChI=1S/C20H36N8O8/c1-9(2)6-13(19(35)36)28-18(34)12(8-15(30)31)27-17(33)11(4-3-5-25-20(23)24)26-16(32)10(21)7-14(22)29/h9-13H,3-8,21H2,1-2H3,(H2,22,29)(H,26,32)(H,27,33)(H,28,34)(H,30,31)(H,35,36)(H4,23,24,25). The van der Waals surface area contributed by atoms with E-state index in [2.05, 4.69) is 20.9 Å². The van der Waals surface area contributed by atoms with Crippen molar-refractivity contribution in [3.63, 3.8) is 0 Å². The first-order valence-electron chi connectivity index (χ1n) is 11.1. The molecule has 204 valence electrons. The van der Waals surface area contributed by atoms with E-state index in [1.807, 2.05) is 0 Å². The van der Waals surface area contributed by atoms with Crippen molar-refractivity contribution in [2.75, 3.05) is 6.54 Å². The Morgan fingerprint density at radius 2 is 1.33 bits per heavy atom. The van der Waals surface area contributed by atoms with E-state index in [0.717, 1.165) is 0 Å². The van der Waals surface area contributed by atoms with Crippen molar-refractivity contribution in [2.45, 2.75) is 70.1 Å². The number of rotatable bonds is 17. The Balaban J connectivity index is 5.65. The van der Waals surface area contributed by atoms with Gasteiger partial charge in [-0.3, -0.25) is 29.0 Å². The normalized spacial score (nSPS) is 14.0. The highest BCUT2D eigenvalue weighted by Gasteiger charge is 2.31. The molecule has 0 fully saturated rings. The molecule has 0 aromatic carbocycles. The van der Waals surface area contributed by atoms with Gasteiger partial charge in [-0.25, -0.2) is 4.79 Å². The molecule has 0 aliphatic heterocycles. The average molecular weight is 517 g/mol. The number of carbonyl (C=O) groups excluding carboxylic acids is 4. The van der Waals surface area contributed by atoms with Gasteiger partial charge in [-0.15, -0.1) is 0 Å². The Kier molecular flexibility index (Phi) is 14.1. The SMILES string of the molecule is CC(C)CC(NC(=O)C(CC(=O)O)NC(=O)C(CCCN=C(N)N)NC(=O)C(N)CC(N)=O)C(=O)O. The number of carboxylic acid groups (broad SMARTS) is 2. The van der Waals surface area contributed by atoms with Crippen molar-refractivity contribution in [1.82, 2.24) is 16.0 Å². The lowest BCUT2D eigenvalue weighted by molar-refractivity contribution is -0.144. The van der Waals surface area contributed by atoms with Crippen molar-refractivity contribution in [2.24, 2.45) is 33.8 Å². The van der Waals surface area contributed by atoms with Crippen LogP contribution in [0.5, 0.6) is 0 Å². The smallest absolute Gasteiger partial charge is 0.326 e. The summed E-state index contributed by atoms with van der Waals surface area (Å²) in [5, 5.41) is 25.3. The lowest BCUT2D eigenvalue weighted by Gasteiger charge is -2.25. The molecule has 36 heavy (non-hydrogen) atoms. The van der Waals surface area contributed by atoms with Crippen LogP contribution in [0.2, 0.25) is 0 Å². The number of nitrogens with one attached hydrogen (secondary N) is 3. The summed E-state index contributed by atoms with van der Waals surface area (Å²) in [6.45, 7) is 3.55. The van der Waals surface area contributed by atoms with Crippen LogP contribution in [0.4, 0.5) is 0 Å². The summed E-state index contributed by atoms with van der Waals surface area (Å²) in [5.41, 5.74) is 21.1. The van der Waals surface area contributed by atoms with E-state index in [1.165, 1.54) is 0 Å². The Hall–Kier alpha value is -3.95.